The van der Waals surface area contributed by atoms with Crippen molar-refractivity contribution in [2.24, 2.45) is 11.1 Å². The van der Waals surface area contributed by atoms with Crippen molar-refractivity contribution in [3.05, 3.63) is 63.6 Å². The number of anilines is 1. The van der Waals surface area contributed by atoms with Gasteiger partial charge in [0.1, 0.15) is 0 Å². The monoisotopic (exact) mass is 489 g/mol. The summed E-state index contributed by atoms with van der Waals surface area (Å²) in [6.45, 7) is 6.60. The summed E-state index contributed by atoms with van der Waals surface area (Å²) < 4.78 is 0. The van der Waals surface area contributed by atoms with Crippen molar-refractivity contribution in [3.8, 4) is 0 Å². The molecule has 178 valence electrons. The third-order valence-corrected chi connectivity index (χ3v) is 6.52. The second-order valence-corrected chi connectivity index (χ2v) is 10.9. The Labute approximate surface area is 206 Å². The van der Waals surface area contributed by atoms with Gasteiger partial charge in [-0.1, -0.05) is 50.0 Å². The molecule has 1 fully saturated rings. The highest BCUT2D eigenvalue weighted by atomic mass is 35.5. The topological polar surface area (TPSA) is 75.4 Å². The highest BCUT2D eigenvalue weighted by molar-refractivity contribution is 6.31. The molecule has 0 unspecified atom stereocenters. The molecule has 7 heteroatoms. The van der Waals surface area contributed by atoms with Gasteiger partial charge in [-0.05, 0) is 73.1 Å². The van der Waals surface area contributed by atoms with Gasteiger partial charge in [0.05, 0.1) is 0 Å². The number of carbonyl (C=O) groups is 2. The summed E-state index contributed by atoms with van der Waals surface area (Å²) in [5.74, 6) is -0.139. The lowest BCUT2D eigenvalue weighted by Gasteiger charge is -2.37. The quantitative estimate of drug-likeness (QED) is 0.500. The third-order valence-electron chi connectivity index (χ3n) is 5.92. The van der Waals surface area contributed by atoms with E-state index in [9.17, 15) is 9.59 Å². The smallest absolute Gasteiger partial charge is 0.255 e. The van der Waals surface area contributed by atoms with Crippen molar-refractivity contribution >= 4 is 40.7 Å². The molecule has 2 aromatic carbocycles. The Morgan fingerprint density at radius 1 is 1.06 bits per heavy atom. The van der Waals surface area contributed by atoms with Crippen LogP contribution in [-0.4, -0.2) is 28.8 Å². The fourth-order valence-corrected chi connectivity index (χ4v) is 4.55. The Bertz CT molecular complexity index is 995. The van der Waals surface area contributed by atoms with Crippen LogP contribution in [0, 0.1) is 5.41 Å². The van der Waals surface area contributed by atoms with Crippen molar-refractivity contribution < 1.29 is 9.59 Å². The van der Waals surface area contributed by atoms with Gasteiger partial charge in [-0.25, -0.2) is 0 Å². The van der Waals surface area contributed by atoms with Gasteiger partial charge < -0.3 is 16.0 Å². The highest BCUT2D eigenvalue weighted by Crippen LogP contribution is 2.30. The van der Waals surface area contributed by atoms with E-state index in [0.29, 0.717) is 34.3 Å². The summed E-state index contributed by atoms with van der Waals surface area (Å²) in [5.41, 5.74) is 7.88. The van der Waals surface area contributed by atoms with Gasteiger partial charge in [-0.3, -0.25) is 9.59 Å². The fraction of sp³-hybridized carbons (Fsp3) is 0.462. The van der Waals surface area contributed by atoms with Crippen molar-refractivity contribution in [1.82, 2.24) is 4.90 Å². The highest BCUT2D eigenvalue weighted by Gasteiger charge is 2.30. The van der Waals surface area contributed by atoms with Crippen LogP contribution < -0.4 is 11.1 Å². The number of amides is 2. The molecule has 2 amide bonds. The molecule has 1 saturated carbocycles. The lowest BCUT2D eigenvalue weighted by Crippen LogP contribution is -2.44. The minimum absolute atomic E-state index is 0.114. The van der Waals surface area contributed by atoms with Crippen molar-refractivity contribution in [2.45, 2.75) is 71.5 Å². The first-order valence-electron chi connectivity index (χ1n) is 11.4. The molecule has 0 aliphatic heterocycles. The van der Waals surface area contributed by atoms with E-state index in [1.54, 1.807) is 36.4 Å². The Balaban J connectivity index is 1.81. The van der Waals surface area contributed by atoms with Gasteiger partial charge in [-0.15, -0.1) is 0 Å². The van der Waals surface area contributed by atoms with Crippen molar-refractivity contribution in [1.29, 1.82) is 0 Å². The van der Waals surface area contributed by atoms with E-state index in [0.717, 1.165) is 31.2 Å². The zero-order valence-electron chi connectivity index (χ0n) is 19.5. The predicted octanol–water partition coefficient (Wildman–Crippen LogP) is 6.28. The van der Waals surface area contributed by atoms with Gasteiger partial charge in [0.2, 0.25) is 5.91 Å². The molecule has 3 N–H and O–H groups in total. The average molecular weight is 490 g/mol. The number of nitrogens with zero attached hydrogens (tertiary/aromatic N) is 1. The van der Waals surface area contributed by atoms with Gasteiger partial charge in [-0.2, -0.15) is 0 Å². The summed E-state index contributed by atoms with van der Waals surface area (Å²) in [6, 6.07) is 12.5. The summed E-state index contributed by atoms with van der Waals surface area (Å²) in [7, 11) is 0. The van der Waals surface area contributed by atoms with Crippen LogP contribution in [0.4, 0.5) is 5.69 Å². The summed E-state index contributed by atoms with van der Waals surface area (Å²) in [6.07, 6.45) is 4.05. The molecular formula is C26H33Cl2N3O2. The van der Waals surface area contributed by atoms with Crippen LogP contribution in [-0.2, 0) is 11.3 Å². The van der Waals surface area contributed by atoms with Crippen LogP contribution >= 0.6 is 23.2 Å². The summed E-state index contributed by atoms with van der Waals surface area (Å²) in [5, 5.41) is 3.97. The third kappa shape index (κ3) is 7.46. The largest absolute Gasteiger partial charge is 0.335 e. The number of carbonyl (C=O) groups excluding carboxylic acids is 2. The zero-order chi connectivity index (χ0) is 24.2. The number of halogens is 2. The normalized spacial score (nSPS) is 18.6. The minimum Gasteiger partial charge on any atom is -0.335 e. The number of benzene rings is 2. The van der Waals surface area contributed by atoms with E-state index in [1.165, 1.54) is 0 Å². The molecule has 3 rings (SSSR count). The molecule has 0 spiro atoms. The Morgan fingerprint density at radius 2 is 1.76 bits per heavy atom. The molecule has 2 aromatic rings. The SMILES string of the molecule is CC(C)(C)CC(=O)N(Cc1cc(NC(=O)c2cccc(Cl)c2)ccc1Cl)C1CCC(N)CC1. The van der Waals surface area contributed by atoms with Crippen LogP contribution in [0.15, 0.2) is 42.5 Å². The molecule has 1 aliphatic rings. The van der Waals surface area contributed by atoms with Crippen LogP contribution in [0.2, 0.25) is 10.0 Å². The first-order chi connectivity index (χ1) is 15.5. The number of rotatable bonds is 6. The molecule has 33 heavy (non-hydrogen) atoms. The lowest BCUT2D eigenvalue weighted by molar-refractivity contribution is -0.137. The molecule has 5 nitrogen and oxygen atoms in total. The van der Waals surface area contributed by atoms with Gasteiger partial charge >= 0.3 is 0 Å². The second kappa shape index (κ2) is 10.9. The van der Waals surface area contributed by atoms with E-state index < -0.39 is 0 Å². The maximum absolute atomic E-state index is 13.3. The average Bonchev–Trinajstić information content (AvgIpc) is 2.73. The second-order valence-electron chi connectivity index (χ2n) is 10.1. The Kier molecular flexibility index (Phi) is 8.43. The zero-order valence-corrected chi connectivity index (χ0v) is 21.0. The predicted molar refractivity (Wildman–Crippen MR) is 136 cm³/mol. The Morgan fingerprint density at radius 3 is 2.39 bits per heavy atom. The lowest BCUT2D eigenvalue weighted by atomic mass is 9.88. The first kappa shape index (κ1) is 25.5. The molecule has 0 atom stereocenters. The van der Waals surface area contributed by atoms with E-state index >= 15 is 0 Å². The number of nitrogens with one attached hydrogen (secondary N) is 1. The Hall–Kier alpha value is -2.08. The number of nitrogens with two attached hydrogens (primary N) is 1. The summed E-state index contributed by atoms with van der Waals surface area (Å²) in [4.78, 5) is 27.9. The molecular weight excluding hydrogens is 457 g/mol. The maximum atomic E-state index is 13.3. The number of hydrogen-bond donors (Lipinski definition) is 2. The van der Waals surface area contributed by atoms with Crippen molar-refractivity contribution in [2.75, 3.05) is 5.32 Å². The van der Waals surface area contributed by atoms with Crippen LogP contribution in [0.5, 0.6) is 0 Å². The van der Waals surface area contributed by atoms with Crippen LogP contribution in [0.1, 0.15) is 68.8 Å². The van der Waals surface area contributed by atoms with E-state index in [2.05, 4.69) is 26.1 Å². The molecule has 0 saturated heterocycles. The van der Waals surface area contributed by atoms with E-state index in [4.69, 9.17) is 28.9 Å². The molecule has 0 aromatic heterocycles. The minimum atomic E-state index is -0.257. The molecule has 0 radical (unpaired) electrons. The first-order valence-corrected chi connectivity index (χ1v) is 12.2. The standard InChI is InChI=1S/C26H33Cl2N3O2/c1-26(2,3)15-24(32)31(22-10-7-20(29)8-11-22)16-18-14-21(9-12-23(18)28)30-25(33)17-5-4-6-19(27)13-17/h4-6,9,12-14,20,22H,7-8,10-11,15-16,29H2,1-3H3,(H,30,33). The van der Waals surface area contributed by atoms with Gasteiger partial charge in [0.25, 0.3) is 5.91 Å². The van der Waals surface area contributed by atoms with E-state index in [-0.39, 0.29) is 29.3 Å². The van der Waals surface area contributed by atoms with Crippen molar-refractivity contribution in [3.63, 3.8) is 0 Å². The van der Waals surface area contributed by atoms with Gasteiger partial charge in [0, 0.05) is 46.3 Å². The number of hydrogen-bond acceptors (Lipinski definition) is 3. The molecule has 1 aliphatic carbocycles. The molecule has 0 heterocycles. The fourth-order valence-electron chi connectivity index (χ4n) is 4.18. The molecule has 0 bridgehead atoms. The van der Waals surface area contributed by atoms with E-state index in [1.807, 2.05) is 11.0 Å². The summed E-state index contributed by atoms with van der Waals surface area (Å²) >= 11 is 12.5. The van der Waals surface area contributed by atoms with Gasteiger partial charge in [0.15, 0.2) is 0 Å². The maximum Gasteiger partial charge on any atom is 0.255 e. The van der Waals surface area contributed by atoms with Crippen LogP contribution in [0.25, 0.3) is 0 Å². The van der Waals surface area contributed by atoms with Crippen LogP contribution in [0.3, 0.4) is 0 Å².